The molecule has 30 heavy (non-hydrogen) atoms. The van der Waals surface area contributed by atoms with Crippen LogP contribution in [-0.4, -0.2) is 34.7 Å². The fourth-order valence-electron chi connectivity index (χ4n) is 2.24. The van der Waals surface area contributed by atoms with Crippen LogP contribution >= 0.6 is 23.2 Å². The lowest BCUT2D eigenvalue weighted by Gasteiger charge is -2.11. The fourth-order valence-corrected chi connectivity index (χ4v) is 2.49. The zero-order chi connectivity index (χ0) is 22.1. The van der Waals surface area contributed by atoms with Crippen molar-refractivity contribution in [1.82, 2.24) is 20.4 Å². The lowest BCUT2D eigenvalue weighted by Crippen LogP contribution is -2.32. The summed E-state index contributed by atoms with van der Waals surface area (Å²) in [5.41, 5.74) is -0.0169. The fraction of sp³-hybridized carbons (Fsp3) is 0.263. The molecule has 1 aromatic heterocycles. The van der Waals surface area contributed by atoms with Crippen LogP contribution in [0.15, 0.2) is 47.5 Å². The number of hydrogen-bond donors (Lipinski definition) is 2. The van der Waals surface area contributed by atoms with Crippen molar-refractivity contribution in [3.8, 4) is 5.75 Å². The smallest absolute Gasteiger partial charge is 0.268 e. The minimum Gasteiger partial charge on any atom is -0.484 e. The van der Waals surface area contributed by atoms with Crippen LogP contribution in [0.2, 0.25) is 10.0 Å². The first-order chi connectivity index (χ1) is 14.2. The molecule has 0 aliphatic carbocycles. The van der Waals surface area contributed by atoms with Gasteiger partial charge in [0.05, 0.1) is 22.8 Å². The normalized spacial score (nSPS) is 10.4. The molecule has 0 aliphatic heterocycles. The number of carbonyl (C=O) groups is 2. The zero-order valence-corrected chi connectivity index (χ0v) is 17.3. The molecule has 0 radical (unpaired) electrons. The minimum absolute atomic E-state index is 0.0429. The maximum absolute atomic E-state index is 13.3. The van der Waals surface area contributed by atoms with Gasteiger partial charge in [0.15, 0.2) is 6.61 Å². The Kier molecular flexibility index (Phi) is 8.82. The van der Waals surface area contributed by atoms with E-state index in [1.165, 1.54) is 24.4 Å². The number of halogens is 3. The van der Waals surface area contributed by atoms with Crippen LogP contribution in [0.3, 0.4) is 0 Å². The van der Waals surface area contributed by atoms with Crippen molar-refractivity contribution in [3.63, 3.8) is 0 Å². The van der Waals surface area contributed by atoms with Crippen LogP contribution in [0.25, 0.3) is 0 Å². The molecule has 2 aromatic rings. The highest BCUT2D eigenvalue weighted by Crippen LogP contribution is 2.20. The Morgan fingerprint density at radius 2 is 1.97 bits per heavy atom. The Morgan fingerprint density at radius 1 is 1.20 bits per heavy atom. The van der Waals surface area contributed by atoms with Gasteiger partial charge in [-0.05, 0) is 12.1 Å². The highest BCUT2D eigenvalue weighted by atomic mass is 35.5. The summed E-state index contributed by atoms with van der Waals surface area (Å²) in [7, 11) is 0. The van der Waals surface area contributed by atoms with Gasteiger partial charge in [-0.15, -0.1) is 0 Å². The van der Waals surface area contributed by atoms with Crippen LogP contribution in [0.4, 0.5) is 4.39 Å². The van der Waals surface area contributed by atoms with Crippen LogP contribution in [0, 0.1) is 5.82 Å². The third kappa shape index (κ3) is 7.84. The van der Waals surface area contributed by atoms with E-state index in [0.29, 0.717) is 12.1 Å². The van der Waals surface area contributed by atoms with Crippen molar-refractivity contribution in [2.24, 2.45) is 0 Å². The summed E-state index contributed by atoms with van der Waals surface area (Å²) < 4.78 is 19.6. The van der Waals surface area contributed by atoms with E-state index in [2.05, 4.69) is 22.3 Å². The molecule has 1 heterocycles. The molecule has 0 bridgehead atoms. The molecular formula is C19H19Cl2FN4O4. The zero-order valence-electron chi connectivity index (χ0n) is 15.8. The maximum atomic E-state index is 13.3. The van der Waals surface area contributed by atoms with Gasteiger partial charge in [0.1, 0.15) is 11.6 Å². The van der Waals surface area contributed by atoms with Gasteiger partial charge in [-0.2, -0.15) is 5.10 Å². The van der Waals surface area contributed by atoms with Crippen molar-refractivity contribution in [1.29, 1.82) is 0 Å². The summed E-state index contributed by atoms with van der Waals surface area (Å²) in [5, 5.41) is 9.19. The molecule has 11 heteroatoms. The lowest BCUT2D eigenvalue weighted by atomic mass is 10.3. The summed E-state index contributed by atoms with van der Waals surface area (Å²) >= 11 is 11.2. The molecule has 0 unspecified atom stereocenters. The van der Waals surface area contributed by atoms with Gasteiger partial charge in [0.25, 0.3) is 11.5 Å². The summed E-state index contributed by atoms with van der Waals surface area (Å²) in [4.78, 5) is 35.3. The van der Waals surface area contributed by atoms with Crippen molar-refractivity contribution in [2.45, 2.75) is 19.4 Å². The first-order valence-electron chi connectivity index (χ1n) is 8.79. The van der Waals surface area contributed by atoms with Gasteiger partial charge in [-0.1, -0.05) is 29.8 Å². The predicted octanol–water partition coefficient (Wildman–Crippen LogP) is 2.29. The van der Waals surface area contributed by atoms with E-state index in [1.807, 2.05) is 0 Å². The second kappa shape index (κ2) is 11.3. The van der Waals surface area contributed by atoms with Gasteiger partial charge in [0.2, 0.25) is 5.91 Å². The van der Waals surface area contributed by atoms with E-state index in [0.717, 1.165) is 10.7 Å². The number of nitrogens with one attached hydrogen (secondary N) is 2. The molecule has 1 aromatic carbocycles. The quantitative estimate of drug-likeness (QED) is 0.570. The van der Waals surface area contributed by atoms with Gasteiger partial charge in [0, 0.05) is 37.2 Å². The topological polar surface area (TPSA) is 102 Å². The Morgan fingerprint density at radius 3 is 2.67 bits per heavy atom. The molecular weight excluding hydrogens is 438 g/mol. The standard InChI is InChI=1S/C19H19Cl2FN4O4/c1-12(25-18(28)11-30-14-2-3-15(21)16(22)9-14)4-6-23-17(27)5-7-26-19(29)8-13(20)10-24-26/h2-3,8-10H,1,4-7,11H2,(H,23,27)(H,25,28). The summed E-state index contributed by atoms with van der Waals surface area (Å²) in [5.74, 6) is -1.24. The van der Waals surface area contributed by atoms with E-state index in [1.54, 1.807) is 0 Å². The SMILES string of the molecule is C=C(CCNC(=O)CCn1ncc(Cl)cc1=O)NC(=O)COc1ccc(Cl)c(F)c1. The van der Waals surface area contributed by atoms with Crippen molar-refractivity contribution >= 4 is 35.0 Å². The van der Waals surface area contributed by atoms with Crippen LogP contribution in [0.5, 0.6) is 5.75 Å². The first-order valence-corrected chi connectivity index (χ1v) is 9.55. The number of hydrogen-bond acceptors (Lipinski definition) is 5. The molecule has 160 valence electrons. The van der Waals surface area contributed by atoms with E-state index >= 15 is 0 Å². The van der Waals surface area contributed by atoms with Gasteiger partial charge in [-0.25, -0.2) is 9.07 Å². The Bertz CT molecular complexity index is 997. The molecule has 8 nitrogen and oxygen atoms in total. The maximum Gasteiger partial charge on any atom is 0.268 e. The summed E-state index contributed by atoms with van der Waals surface area (Å²) in [6.45, 7) is 3.72. The number of nitrogens with zero attached hydrogens (tertiary/aromatic N) is 2. The van der Waals surface area contributed by atoms with Crippen molar-refractivity contribution in [2.75, 3.05) is 13.2 Å². The van der Waals surface area contributed by atoms with E-state index in [-0.39, 0.29) is 47.8 Å². The molecule has 0 fully saturated rings. The van der Waals surface area contributed by atoms with Gasteiger partial charge >= 0.3 is 0 Å². The Labute approximate surface area is 181 Å². The van der Waals surface area contributed by atoms with Crippen LogP contribution in [0.1, 0.15) is 12.8 Å². The molecule has 0 aliphatic rings. The van der Waals surface area contributed by atoms with Gasteiger partial charge < -0.3 is 15.4 Å². The number of benzene rings is 1. The molecule has 0 atom stereocenters. The van der Waals surface area contributed by atoms with Crippen molar-refractivity contribution < 1.29 is 18.7 Å². The Hall–Kier alpha value is -2.91. The molecule has 0 saturated heterocycles. The predicted molar refractivity (Wildman–Crippen MR) is 110 cm³/mol. The average molecular weight is 457 g/mol. The highest BCUT2D eigenvalue weighted by Gasteiger charge is 2.08. The average Bonchev–Trinajstić information content (AvgIpc) is 2.68. The monoisotopic (exact) mass is 456 g/mol. The van der Waals surface area contributed by atoms with Crippen LogP contribution < -0.4 is 20.9 Å². The Balaban J connectivity index is 1.63. The second-order valence-corrected chi connectivity index (χ2v) is 6.95. The van der Waals surface area contributed by atoms with Crippen LogP contribution in [-0.2, 0) is 16.1 Å². The second-order valence-electron chi connectivity index (χ2n) is 6.10. The van der Waals surface area contributed by atoms with E-state index in [4.69, 9.17) is 27.9 Å². The number of carbonyl (C=O) groups excluding carboxylic acids is 2. The van der Waals surface area contributed by atoms with Crippen molar-refractivity contribution in [3.05, 3.63) is 69.0 Å². The third-order valence-electron chi connectivity index (χ3n) is 3.71. The molecule has 0 spiro atoms. The van der Waals surface area contributed by atoms with E-state index < -0.39 is 17.3 Å². The van der Waals surface area contributed by atoms with E-state index in [9.17, 15) is 18.8 Å². The molecule has 0 saturated carbocycles. The van der Waals surface area contributed by atoms with Gasteiger partial charge in [-0.3, -0.25) is 14.4 Å². The first kappa shape index (κ1) is 23.4. The number of rotatable bonds is 10. The largest absolute Gasteiger partial charge is 0.484 e. The number of ether oxygens (including phenoxy) is 1. The highest BCUT2D eigenvalue weighted by molar-refractivity contribution is 6.30. The summed E-state index contributed by atoms with van der Waals surface area (Å²) in [6.07, 6.45) is 1.67. The molecule has 2 N–H and O–H groups in total. The number of amides is 2. The minimum atomic E-state index is -0.647. The lowest BCUT2D eigenvalue weighted by molar-refractivity contribution is -0.122. The summed E-state index contributed by atoms with van der Waals surface area (Å²) in [6, 6.07) is 5.06. The third-order valence-corrected chi connectivity index (χ3v) is 4.23. The number of aromatic nitrogens is 2. The number of aryl methyl sites for hydroxylation is 1. The molecule has 2 rings (SSSR count). The molecule has 2 amide bonds.